The molecule has 8 nitrogen and oxygen atoms in total. The molecule has 0 aliphatic carbocycles. The zero-order chi connectivity index (χ0) is 23.5. The monoisotopic (exact) mass is 482 g/mol. The SMILES string of the molecule is Cc1ccc(NC(=O)Nc2ccc(SCc3cc(=O)n4c(ncn4C(C)C)n3)cc2)c(Cl)c1. The highest BCUT2D eigenvalue weighted by molar-refractivity contribution is 7.98. The van der Waals surface area contributed by atoms with Crippen molar-refractivity contribution >= 4 is 46.5 Å². The molecule has 0 aliphatic heterocycles. The number of hydrogen-bond donors (Lipinski definition) is 2. The number of anilines is 2. The molecule has 0 saturated carbocycles. The van der Waals surface area contributed by atoms with E-state index in [0.717, 1.165) is 10.5 Å². The Morgan fingerprint density at radius 3 is 2.58 bits per heavy atom. The van der Waals surface area contributed by atoms with Crippen LogP contribution >= 0.6 is 23.4 Å². The molecule has 0 fully saturated rings. The van der Waals surface area contributed by atoms with Gasteiger partial charge in [-0.05, 0) is 62.7 Å². The summed E-state index contributed by atoms with van der Waals surface area (Å²) < 4.78 is 3.24. The Labute approximate surface area is 200 Å². The van der Waals surface area contributed by atoms with Crippen molar-refractivity contribution in [2.75, 3.05) is 10.6 Å². The number of fused-ring (bicyclic) bond motifs is 1. The van der Waals surface area contributed by atoms with Gasteiger partial charge in [0.05, 0.1) is 16.4 Å². The first-order valence-corrected chi connectivity index (χ1v) is 11.7. The molecule has 0 spiro atoms. The number of benzene rings is 2. The molecule has 0 bridgehead atoms. The summed E-state index contributed by atoms with van der Waals surface area (Å²) in [7, 11) is 0. The number of nitrogens with zero attached hydrogens (tertiary/aromatic N) is 4. The van der Waals surface area contributed by atoms with E-state index in [-0.39, 0.29) is 17.6 Å². The Balaban J connectivity index is 1.37. The molecule has 2 N–H and O–H groups in total. The van der Waals surface area contributed by atoms with Crippen molar-refractivity contribution in [3.05, 3.63) is 81.5 Å². The number of carbonyl (C=O) groups is 1. The van der Waals surface area contributed by atoms with Crippen LogP contribution in [0.4, 0.5) is 16.2 Å². The second-order valence-electron chi connectivity index (χ2n) is 7.79. The van der Waals surface area contributed by atoms with Gasteiger partial charge in [0.2, 0.25) is 0 Å². The van der Waals surface area contributed by atoms with Crippen LogP contribution in [0.5, 0.6) is 0 Å². The van der Waals surface area contributed by atoms with Gasteiger partial charge in [0.25, 0.3) is 11.3 Å². The van der Waals surface area contributed by atoms with E-state index in [0.29, 0.717) is 33.6 Å². The zero-order valence-corrected chi connectivity index (χ0v) is 19.9. The van der Waals surface area contributed by atoms with Crippen LogP contribution < -0.4 is 16.2 Å². The van der Waals surface area contributed by atoms with Gasteiger partial charge in [-0.15, -0.1) is 11.8 Å². The minimum Gasteiger partial charge on any atom is -0.308 e. The Morgan fingerprint density at radius 1 is 1.12 bits per heavy atom. The Morgan fingerprint density at radius 2 is 1.88 bits per heavy atom. The largest absolute Gasteiger partial charge is 0.323 e. The summed E-state index contributed by atoms with van der Waals surface area (Å²) in [5.74, 6) is 0.922. The molecular formula is C23H23ClN6O2S. The molecule has 0 atom stereocenters. The summed E-state index contributed by atoms with van der Waals surface area (Å²) >= 11 is 7.71. The van der Waals surface area contributed by atoms with Crippen molar-refractivity contribution < 1.29 is 4.79 Å². The molecule has 0 unspecified atom stereocenters. The van der Waals surface area contributed by atoms with Crippen LogP contribution in [-0.2, 0) is 5.75 Å². The lowest BCUT2D eigenvalue weighted by Crippen LogP contribution is -2.22. The summed E-state index contributed by atoms with van der Waals surface area (Å²) in [5.41, 5.74) is 2.73. The maximum Gasteiger partial charge on any atom is 0.323 e. The Hall–Kier alpha value is -3.30. The van der Waals surface area contributed by atoms with Gasteiger partial charge in [0, 0.05) is 28.4 Å². The van der Waals surface area contributed by atoms with Gasteiger partial charge in [0.15, 0.2) is 0 Å². The van der Waals surface area contributed by atoms with E-state index in [2.05, 4.69) is 20.6 Å². The molecule has 2 aromatic heterocycles. The molecule has 170 valence electrons. The maximum absolute atomic E-state index is 12.5. The van der Waals surface area contributed by atoms with Crippen LogP contribution in [0.15, 0.2) is 64.5 Å². The average Bonchev–Trinajstić information content (AvgIpc) is 3.20. The molecule has 4 aromatic rings. The van der Waals surface area contributed by atoms with Crippen molar-refractivity contribution in [1.82, 2.24) is 19.2 Å². The normalized spacial score (nSPS) is 11.2. The number of halogens is 1. The molecule has 0 aliphatic rings. The van der Waals surface area contributed by atoms with E-state index in [1.54, 1.807) is 34.9 Å². The van der Waals surface area contributed by atoms with Gasteiger partial charge in [-0.2, -0.15) is 9.50 Å². The Kier molecular flexibility index (Phi) is 6.71. The number of amides is 2. The van der Waals surface area contributed by atoms with Gasteiger partial charge in [-0.25, -0.2) is 9.78 Å². The smallest absolute Gasteiger partial charge is 0.308 e. The molecule has 0 radical (unpaired) electrons. The third-order valence-corrected chi connectivity index (χ3v) is 6.21. The predicted octanol–water partition coefficient (Wildman–Crippen LogP) is 5.37. The highest BCUT2D eigenvalue weighted by Crippen LogP contribution is 2.25. The van der Waals surface area contributed by atoms with Crippen molar-refractivity contribution in [2.45, 2.75) is 37.5 Å². The summed E-state index contributed by atoms with van der Waals surface area (Å²) in [4.78, 5) is 34.5. The summed E-state index contributed by atoms with van der Waals surface area (Å²) in [6.45, 7) is 5.90. The topological polar surface area (TPSA) is 93.3 Å². The molecule has 2 heterocycles. The summed E-state index contributed by atoms with van der Waals surface area (Å²) in [6.07, 6.45) is 1.62. The molecule has 10 heteroatoms. The van der Waals surface area contributed by atoms with Gasteiger partial charge < -0.3 is 10.6 Å². The predicted molar refractivity (Wildman–Crippen MR) is 132 cm³/mol. The number of urea groups is 1. The highest BCUT2D eigenvalue weighted by atomic mass is 35.5. The number of thioether (sulfide) groups is 1. The molecular weight excluding hydrogens is 460 g/mol. The second-order valence-corrected chi connectivity index (χ2v) is 9.25. The van der Waals surface area contributed by atoms with Crippen molar-refractivity contribution in [3.63, 3.8) is 0 Å². The lowest BCUT2D eigenvalue weighted by molar-refractivity contribution is 0.262. The number of hydrogen-bond acceptors (Lipinski definition) is 5. The lowest BCUT2D eigenvalue weighted by Gasteiger charge is -2.10. The van der Waals surface area contributed by atoms with Crippen LogP contribution in [0.25, 0.3) is 5.78 Å². The second kappa shape index (κ2) is 9.68. The van der Waals surface area contributed by atoms with E-state index < -0.39 is 0 Å². The van der Waals surface area contributed by atoms with Crippen molar-refractivity contribution in [2.24, 2.45) is 0 Å². The van der Waals surface area contributed by atoms with Crippen molar-refractivity contribution in [3.8, 4) is 0 Å². The number of rotatable bonds is 6. The highest BCUT2D eigenvalue weighted by Gasteiger charge is 2.11. The van der Waals surface area contributed by atoms with Crippen LogP contribution in [0.1, 0.15) is 31.1 Å². The minimum absolute atomic E-state index is 0.109. The van der Waals surface area contributed by atoms with Gasteiger partial charge >= 0.3 is 6.03 Å². The van der Waals surface area contributed by atoms with Crippen LogP contribution in [0.2, 0.25) is 5.02 Å². The standard InChI is InChI=1S/C23H23ClN6O2S/c1-14(2)29-13-25-22-26-17(11-21(31)30(22)29)12-33-18-7-5-16(6-8-18)27-23(32)28-20-9-4-15(3)10-19(20)24/h4-11,13-14H,12H2,1-3H3,(H2,27,28,32). The van der Waals surface area contributed by atoms with E-state index in [1.165, 1.54) is 10.6 Å². The summed E-state index contributed by atoms with van der Waals surface area (Å²) in [5, 5.41) is 6.01. The lowest BCUT2D eigenvalue weighted by atomic mass is 10.2. The molecule has 0 saturated heterocycles. The average molecular weight is 483 g/mol. The zero-order valence-electron chi connectivity index (χ0n) is 18.4. The first-order valence-electron chi connectivity index (χ1n) is 10.3. The maximum atomic E-state index is 12.5. The first kappa shape index (κ1) is 22.9. The van der Waals surface area contributed by atoms with E-state index in [1.807, 2.05) is 51.1 Å². The van der Waals surface area contributed by atoms with E-state index >= 15 is 0 Å². The van der Waals surface area contributed by atoms with E-state index in [4.69, 9.17) is 11.6 Å². The van der Waals surface area contributed by atoms with E-state index in [9.17, 15) is 9.59 Å². The molecule has 2 amide bonds. The number of carbonyl (C=O) groups excluding carboxylic acids is 1. The quantitative estimate of drug-likeness (QED) is 0.360. The fraction of sp³-hybridized carbons (Fsp3) is 0.217. The first-order chi connectivity index (χ1) is 15.8. The third kappa shape index (κ3) is 5.37. The minimum atomic E-state index is -0.375. The number of aryl methyl sites for hydroxylation is 1. The Bertz CT molecular complexity index is 1360. The van der Waals surface area contributed by atoms with Gasteiger partial charge in [-0.1, -0.05) is 17.7 Å². The van der Waals surface area contributed by atoms with Gasteiger partial charge in [-0.3, -0.25) is 9.48 Å². The van der Waals surface area contributed by atoms with Crippen LogP contribution in [0, 0.1) is 6.92 Å². The number of aromatic nitrogens is 4. The van der Waals surface area contributed by atoms with Gasteiger partial charge in [0.1, 0.15) is 6.33 Å². The van der Waals surface area contributed by atoms with Crippen molar-refractivity contribution in [1.29, 1.82) is 0 Å². The fourth-order valence-electron chi connectivity index (χ4n) is 3.21. The summed E-state index contributed by atoms with van der Waals surface area (Å²) in [6, 6.07) is 14.1. The molecule has 2 aromatic carbocycles. The van der Waals surface area contributed by atoms with Crippen LogP contribution in [0.3, 0.4) is 0 Å². The fourth-order valence-corrected chi connectivity index (χ4v) is 4.28. The number of nitrogens with one attached hydrogen (secondary N) is 2. The third-order valence-electron chi connectivity index (χ3n) is 4.86. The van der Waals surface area contributed by atoms with Crippen LogP contribution in [-0.4, -0.2) is 25.2 Å². The molecule has 33 heavy (non-hydrogen) atoms. The molecule has 4 rings (SSSR count).